The van der Waals surface area contributed by atoms with Crippen molar-refractivity contribution in [1.82, 2.24) is 9.55 Å². The molecule has 14 heavy (non-hydrogen) atoms. The van der Waals surface area contributed by atoms with Crippen LogP contribution in [-0.4, -0.2) is 22.8 Å². The second-order valence-corrected chi connectivity index (χ2v) is 3.70. The molecule has 0 amide bonds. The molecule has 0 saturated heterocycles. The fourth-order valence-corrected chi connectivity index (χ4v) is 1.36. The monoisotopic (exact) mass is 280 g/mol. The molecule has 0 unspecified atom stereocenters. The van der Waals surface area contributed by atoms with E-state index in [0.29, 0.717) is 19.8 Å². The van der Waals surface area contributed by atoms with Crippen molar-refractivity contribution in [3.05, 3.63) is 26.3 Å². The van der Waals surface area contributed by atoms with Crippen LogP contribution in [0, 0.1) is 0 Å². The zero-order valence-electron chi connectivity index (χ0n) is 7.67. The van der Waals surface area contributed by atoms with Crippen molar-refractivity contribution >= 4 is 27.5 Å². The van der Waals surface area contributed by atoms with E-state index in [1.54, 1.807) is 0 Å². The first-order valence-corrected chi connectivity index (χ1v) is 5.32. The Kier molecular flexibility index (Phi) is 4.57. The number of aromatic nitrogens is 2. The first kappa shape index (κ1) is 11.7. The molecule has 0 aliphatic carbocycles. The fourth-order valence-electron chi connectivity index (χ4n) is 0.910. The van der Waals surface area contributed by atoms with Crippen LogP contribution in [0.3, 0.4) is 0 Å². The SMILES string of the molecule is CCOCCn1cnc(Cl)c(Br)c1=O. The Labute approximate surface area is 95.0 Å². The third-order valence-corrected chi connectivity index (χ3v) is 2.85. The van der Waals surface area contributed by atoms with Crippen LogP contribution in [0.1, 0.15) is 6.92 Å². The van der Waals surface area contributed by atoms with Crippen molar-refractivity contribution in [3.63, 3.8) is 0 Å². The molecule has 0 radical (unpaired) electrons. The van der Waals surface area contributed by atoms with E-state index in [1.165, 1.54) is 10.9 Å². The number of nitrogens with zero attached hydrogens (tertiary/aromatic N) is 2. The van der Waals surface area contributed by atoms with Crippen LogP contribution in [0.15, 0.2) is 15.6 Å². The first-order valence-electron chi connectivity index (χ1n) is 4.15. The lowest BCUT2D eigenvalue weighted by Gasteiger charge is -2.05. The molecule has 0 saturated carbocycles. The second-order valence-electron chi connectivity index (χ2n) is 2.54. The van der Waals surface area contributed by atoms with E-state index in [2.05, 4.69) is 20.9 Å². The minimum absolute atomic E-state index is 0.183. The molecule has 1 aromatic heterocycles. The first-order chi connectivity index (χ1) is 6.66. The summed E-state index contributed by atoms with van der Waals surface area (Å²) in [4.78, 5) is 15.4. The minimum atomic E-state index is -0.190. The Morgan fingerprint density at radius 3 is 3.07 bits per heavy atom. The minimum Gasteiger partial charge on any atom is -0.380 e. The number of hydrogen-bond donors (Lipinski definition) is 0. The van der Waals surface area contributed by atoms with E-state index >= 15 is 0 Å². The van der Waals surface area contributed by atoms with Crippen molar-refractivity contribution in [2.75, 3.05) is 13.2 Å². The third kappa shape index (κ3) is 2.80. The highest BCUT2D eigenvalue weighted by molar-refractivity contribution is 9.10. The van der Waals surface area contributed by atoms with Gasteiger partial charge in [-0.2, -0.15) is 0 Å². The van der Waals surface area contributed by atoms with Gasteiger partial charge in [0, 0.05) is 6.61 Å². The van der Waals surface area contributed by atoms with Crippen LogP contribution in [0.25, 0.3) is 0 Å². The van der Waals surface area contributed by atoms with Gasteiger partial charge in [0.2, 0.25) is 0 Å². The van der Waals surface area contributed by atoms with E-state index < -0.39 is 0 Å². The molecule has 0 N–H and O–H groups in total. The lowest BCUT2D eigenvalue weighted by molar-refractivity contribution is 0.138. The van der Waals surface area contributed by atoms with Crippen LogP contribution in [-0.2, 0) is 11.3 Å². The number of halogens is 2. The van der Waals surface area contributed by atoms with Gasteiger partial charge in [0.1, 0.15) is 4.47 Å². The maximum atomic E-state index is 11.5. The summed E-state index contributed by atoms with van der Waals surface area (Å²) in [5, 5.41) is 0.183. The topological polar surface area (TPSA) is 44.1 Å². The Morgan fingerprint density at radius 2 is 2.43 bits per heavy atom. The van der Waals surface area contributed by atoms with Gasteiger partial charge in [0.05, 0.1) is 19.5 Å². The Morgan fingerprint density at radius 1 is 1.71 bits per heavy atom. The zero-order valence-corrected chi connectivity index (χ0v) is 10.0. The Bertz CT molecular complexity index is 367. The number of ether oxygens (including phenoxy) is 1. The van der Waals surface area contributed by atoms with Crippen LogP contribution in [0.2, 0.25) is 5.15 Å². The average molecular weight is 282 g/mol. The summed E-state index contributed by atoms with van der Waals surface area (Å²) in [5.41, 5.74) is -0.190. The molecule has 78 valence electrons. The van der Waals surface area contributed by atoms with Gasteiger partial charge in [0.25, 0.3) is 5.56 Å². The zero-order chi connectivity index (χ0) is 10.6. The van der Waals surface area contributed by atoms with Crippen LogP contribution in [0.5, 0.6) is 0 Å². The van der Waals surface area contributed by atoms with E-state index in [1.807, 2.05) is 6.92 Å². The van der Waals surface area contributed by atoms with E-state index in [9.17, 15) is 4.79 Å². The average Bonchev–Trinajstić information content (AvgIpc) is 2.18. The molecule has 0 bridgehead atoms. The van der Waals surface area contributed by atoms with Gasteiger partial charge in [-0.25, -0.2) is 4.98 Å². The standard InChI is InChI=1S/C8H10BrClN2O2/c1-2-14-4-3-12-5-11-7(10)6(9)8(12)13/h5H,2-4H2,1H3. The van der Waals surface area contributed by atoms with Crippen molar-refractivity contribution in [2.45, 2.75) is 13.5 Å². The summed E-state index contributed by atoms with van der Waals surface area (Å²) >= 11 is 8.72. The predicted molar refractivity (Wildman–Crippen MR) is 57.7 cm³/mol. The molecule has 0 aliphatic heterocycles. The summed E-state index contributed by atoms with van der Waals surface area (Å²) in [5.74, 6) is 0. The molecular formula is C8H10BrClN2O2. The molecule has 0 spiro atoms. The van der Waals surface area contributed by atoms with Crippen molar-refractivity contribution in [1.29, 1.82) is 0 Å². The highest BCUT2D eigenvalue weighted by atomic mass is 79.9. The summed E-state index contributed by atoms with van der Waals surface area (Å²) in [6.45, 7) is 3.51. The Balaban J connectivity index is 2.79. The molecule has 1 heterocycles. The Hall–Kier alpha value is -0.390. The molecule has 0 atom stereocenters. The molecular weight excluding hydrogens is 271 g/mol. The summed E-state index contributed by atoms with van der Waals surface area (Å²) in [6.07, 6.45) is 1.41. The summed E-state index contributed by atoms with van der Waals surface area (Å²) < 4.78 is 6.87. The summed E-state index contributed by atoms with van der Waals surface area (Å²) in [7, 11) is 0. The third-order valence-electron chi connectivity index (χ3n) is 1.62. The van der Waals surface area contributed by atoms with Gasteiger partial charge in [-0.3, -0.25) is 9.36 Å². The van der Waals surface area contributed by atoms with Crippen molar-refractivity contribution in [3.8, 4) is 0 Å². The lowest BCUT2D eigenvalue weighted by atomic mass is 10.6. The van der Waals surface area contributed by atoms with Gasteiger partial charge in [-0.05, 0) is 22.9 Å². The van der Waals surface area contributed by atoms with E-state index in [-0.39, 0.29) is 15.2 Å². The predicted octanol–water partition coefficient (Wildman–Crippen LogP) is 1.70. The molecule has 0 fully saturated rings. The second kappa shape index (κ2) is 5.48. The molecule has 0 aromatic carbocycles. The van der Waals surface area contributed by atoms with Gasteiger partial charge in [0.15, 0.2) is 5.15 Å². The maximum absolute atomic E-state index is 11.5. The van der Waals surface area contributed by atoms with Gasteiger partial charge in [-0.15, -0.1) is 0 Å². The maximum Gasteiger partial charge on any atom is 0.269 e. The molecule has 0 aliphatic rings. The number of rotatable bonds is 4. The number of hydrogen-bond acceptors (Lipinski definition) is 3. The van der Waals surface area contributed by atoms with E-state index in [4.69, 9.17) is 16.3 Å². The molecule has 1 rings (SSSR count). The smallest absolute Gasteiger partial charge is 0.269 e. The summed E-state index contributed by atoms with van der Waals surface area (Å²) in [6, 6.07) is 0. The lowest BCUT2D eigenvalue weighted by Crippen LogP contribution is -2.23. The van der Waals surface area contributed by atoms with Crippen LogP contribution >= 0.6 is 27.5 Å². The molecule has 1 aromatic rings. The van der Waals surface area contributed by atoms with E-state index in [0.717, 1.165) is 0 Å². The van der Waals surface area contributed by atoms with Gasteiger partial charge >= 0.3 is 0 Å². The normalized spacial score (nSPS) is 10.5. The van der Waals surface area contributed by atoms with Gasteiger partial charge < -0.3 is 4.74 Å². The largest absolute Gasteiger partial charge is 0.380 e. The molecule has 6 heteroatoms. The molecule has 4 nitrogen and oxygen atoms in total. The van der Waals surface area contributed by atoms with Crippen LogP contribution in [0.4, 0.5) is 0 Å². The van der Waals surface area contributed by atoms with Crippen molar-refractivity contribution in [2.24, 2.45) is 0 Å². The quantitative estimate of drug-likeness (QED) is 0.623. The van der Waals surface area contributed by atoms with Crippen LogP contribution < -0.4 is 5.56 Å². The highest BCUT2D eigenvalue weighted by Gasteiger charge is 2.05. The fraction of sp³-hybridized carbons (Fsp3) is 0.500. The van der Waals surface area contributed by atoms with Crippen molar-refractivity contribution < 1.29 is 4.74 Å². The van der Waals surface area contributed by atoms with Gasteiger partial charge in [-0.1, -0.05) is 11.6 Å². The highest BCUT2D eigenvalue weighted by Crippen LogP contribution is 2.13.